The van der Waals surface area contributed by atoms with E-state index in [1.807, 2.05) is 36.4 Å². The predicted octanol–water partition coefficient (Wildman–Crippen LogP) is 5.62. The fourth-order valence-corrected chi connectivity index (χ4v) is 5.27. The molecule has 1 unspecified atom stereocenters. The van der Waals surface area contributed by atoms with Crippen LogP contribution < -0.4 is 14.2 Å². The Balaban J connectivity index is 1.52. The zero-order valence-electron chi connectivity index (χ0n) is 27.7. The minimum atomic E-state index is -1.29. The molecule has 260 valence electrons. The van der Waals surface area contributed by atoms with Crippen molar-refractivity contribution in [1.29, 1.82) is 0 Å². The van der Waals surface area contributed by atoms with Crippen molar-refractivity contribution in [2.45, 2.75) is 70.7 Å². The number of rotatable bonds is 23. The Labute approximate surface area is 278 Å². The van der Waals surface area contributed by atoms with Gasteiger partial charge in [-0.15, -0.1) is 0 Å². The van der Waals surface area contributed by atoms with Gasteiger partial charge in [-0.25, -0.2) is 4.79 Å². The van der Waals surface area contributed by atoms with E-state index in [4.69, 9.17) is 38.6 Å². The van der Waals surface area contributed by atoms with E-state index >= 15 is 0 Å². The lowest BCUT2D eigenvalue weighted by Crippen LogP contribution is -2.23. The summed E-state index contributed by atoms with van der Waals surface area (Å²) >= 11 is 0. The number of ether oxygens (including phenoxy) is 6. The number of benzene rings is 2. The third kappa shape index (κ3) is 14.1. The highest BCUT2D eigenvalue weighted by molar-refractivity contribution is 5.87. The van der Waals surface area contributed by atoms with Crippen molar-refractivity contribution in [3.63, 3.8) is 0 Å². The summed E-state index contributed by atoms with van der Waals surface area (Å²) < 4.78 is 34.0. The van der Waals surface area contributed by atoms with Crippen LogP contribution in [-0.2, 0) is 19.0 Å². The molecule has 2 aromatic rings. The summed E-state index contributed by atoms with van der Waals surface area (Å²) in [6.45, 7) is 9.64. The van der Waals surface area contributed by atoms with Gasteiger partial charge in [-0.2, -0.15) is 0 Å². The molecule has 3 N–H and O–H groups in total. The molecule has 0 heterocycles. The van der Waals surface area contributed by atoms with Crippen molar-refractivity contribution < 1.29 is 48.5 Å². The Morgan fingerprint density at radius 3 is 2.06 bits per heavy atom. The maximum absolute atomic E-state index is 11.7. The Kier molecular flexibility index (Phi) is 17.4. The van der Waals surface area contributed by atoms with Gasteiger partial charge in [0.05, 0.1) is 38.1 Å². The van der Waals surface area contributed by atoms with E-state index in [0.29, 0.717) is 30.8 Å². The van der Waals surface area contributed by atoms with Gasteiger partial charge in [0.1, 0.15) is 43.7 Å². The molecule has 10 heteroatoms. The predicted molar refractivity (Wildman–Crippen MR) is 180 cm³/mol. The number of hydrogen-bond donors (Lipinski definition) is 3. The number of carbonyl (C=O) groups excluding carboxylic acids is 1. The molecule has 0 bridgehead atoms. The third-order valence-corrected chi connectivity index (χ3v) is 8.03. The fraction of sp³-hybridized carbons (Fsp3) is 0.541. The van der Waals surface area contributed by atoms with Gasteiger partial charge in [0, 0.05) is 11.6 Å². The first-order valence-electron chi connectivity index (χ1n) is 16.6. The first-order chi connectivity index (χ1) is 22.8. The topological polar surface area (TPSA) is 133 Å². The highest BCUT2D eigenvalue weighted by atomic mass is 16.6. The molecule has 0 saturated heterocycles. The largest absolute Gasteiger partial charge is 0.491 e. The van der Waals surface area contributed by atoms with Gasteiger partial charge in [0.15, 0.2) is 6.29 Å². The Morgan fingerprint density at radius 2 is 1.43 bits per heavy atom. The number of hydrogen-bond acceptors (Lipinski definition) is 10. The van der Waals surface area contributed by atoms with Crippen molar-refractivity contribution >= 4 is 5.97 Å². The fourth-order valence-electron chi connectivity index (χ4n) is 5.27. The van der Waals surface area contributed by atoms with Crippen molar-refractivity contribution in [3.05, 3.63) is 66.8 Å². The standard InChI is InChI=1S/C37H52O10/c1-4-5-6-7-29-8-12-32(13-9-29)42-16-17-43-33-14-10-30(11-15-33)31-22-34(44-18-20-46-36(40)27(2)25-38)24-35(23-31)45-19-21-47-37(41)28(3)26-39/h10-11,14-15,22-24,29,32,36,38-40H,2-9,12-13,16-21,25-26H2,1H3. The van der Waals surface area contributed by atoms with E-state index in [9.17, 15) is 9.90 Å². The van der Waals surface area contributed by atoms with Gasteiger partial charge in [-0.05, 0) is 67.0 Å². The Hall–Kier alpha value is -3.41. The van der Waals surface area contributed by atoms with Gasteiger partial charge >= 0.3 is 5.97 Å². The summed E-state index contributed by atoms with van der Waals surface area (Å²) in [7, 11) is 0. The summed E-state index contributed by atoms with van der Waals surface area (Å²) in [5.41, 5.74) is 1.84. The van der Waals surface area contributed by atoms with Crippen molar-refractivity contribution in [1.82, 2.24) is 0 Å². The number of esters is 1. The SMILES string of the molecule is C=C(CO)C(=O)OCCOc1cc(OCCOC(O)C(=C)CO)cc(-c2ccc(OCCOC3CCC(CCCCC)CC3)cc2)c1. The lowest BCUT2D eigenvalue weighted by molar-refractivity contribution is -0.140. The van der Waals surface area contributed by atoms with Crippen LogP contribution in [0.15, 0.2) is 66.8 Å². The highest BCUT2D eigenvalue weighted by Gasteiger charge is 2.21. The van der Waals surface area contributed by atoms with E-state index in [1.165, 1.54) is 38.5 Å². The number of carbonyl (C=O) groups is 1. The normalized spacial score (nSPS) is 16.7. The smallest absolute Gasteiger partial charge is 0.335 e. The first-order valence-corrected chi connectivity index (χ1v) is 16.6. The zero-order valence-corrected chi connectivity index (χ0v) is 27.7. The zero-order chi connectivity index (χ0) is 33.9. The van der Waals surface area contributed by atoms with Crippen LogP contribution in [0.2, 0.25) is 0 Å². The molecule has 0 spiro atoms. The monoisotopic (exact) mass is 656 g/mol. The molecule has 0 amide bonds. The second-order valence-electron chi connectivity index (χ2n) is 11.7. The Bertz CT molecular complexity index is 1220. The minimum absolute atomic E-state index is 0.0329. The molecule has 0 radical (unpaired) electrons. The molecule has 1 saturated carbocycles. The van der Waals surface area contributed by atoms with Crippen LogP contribution in [0.25, 0.3) is 11.1 Å². The van der Waals surface area contributed by atoms with Gasteiger partial charge in [0.25, 0.3) is 0 Å². The van der Waals surface area contributed by atoms with E-state index in [-0.39, 0.29) is 44.2 Å². The van der Waals surface area contributed by atoms with Crippen LogP contribution >= 0.6 is 0 Å². The molecule has 3 rings (SSSR count). The molecule has 47 heavy (non-hydrogen) atoms. The van der Waals surface area contributed by atoms with Crippen molar-refractivity contribution in [3.8, 4) is 28.4 Å². The van der Waals surface area contributed by atoms with E-state index < -0.39 is 18.9 Å². The average molecular weight is 657 g/mol. The molecule has 1 aliphatic carbocycles. The summed E-state index contributed by atoms with van der Waals surface area (Å²) in [6.07, 6.45) is 9.17. The van der Waals surface area contributed by atoms with Gasteiger partial charge in [-0.1, -0.05) is 57.9 Å². The summed E-state index contributed by atoms with van der Waals surface area (Å²) in [5, 5.41) is 27.9. The van der Waals surface area contributed by atoms with Crippen LogP contribution in [0, 0.1) is 5.92 Å². The Morgan fingerprint density at radius 1 is 0.787 bits per heavy atom. The van der Waals surface area contributed by atoms with Crippen molar-refractivity contribution in [2.75, 3.05) is 52.9 Å². The average Bonchev–Trinajstić information content (AvgIpc) is 3.10. The molecular formula is C37H52O10. The maximum atomic E-state index is 11.7. The first kappa shape index (κ1) is 38.0. The van der Waals surface area contributed by atoms with Crippen LogP contribution in [0.1, 0.15) is 58.3 Å². The van der Waals surface area contributed by atoms with Crippen molar-refractivity contribution in [2.24, 2.45) is 5.92 Å². The maximum Gasteiger partial charge on any atom is 0.335 e. The molecule has 1 aliphatic rings. The summed E-state index contributed by atoms with van der Waals surface area (Å²) in [5.74, 6) is 1.90. The second-order valence-corrected chi connectivity index (χ2v) is 11.7. The number of aliphatic hydroxyl groups is 3. The van der Waals surface area contributed by atoms with E-state index in [2.05, 4.69) is 20.1 Å². The van der Waals surface area contributed by atoms with Gasteiger partial charge in [-0.3, -0.25) is 0 Å². The molecule has 2 aromatic carbocycles. The van der Waals surface area contributed by atoms with Crippen LogP contribution in [0.5, 0.6) is 17.2 Å². The molecule has 1 atom stereocenters. The van der Waals surface area contributed by atoms with Gasteiger partial charge in [0.2, 0.25) is 0 Å². The number of aliphatic hydroxyl groups excluding tert-OH is 3. The van der Waals surface area contributed by atoms with Crippen LogP contribution in [0.4, 0.5) is 0 Å². The van der Waals surface area contributed by atoms with E-state index in [1.54, 1.807) is 6.07 Å². The molecule has 10 nitrogen and oxygen atoms in total. The quantitative estimate of drug-likeness (QED) is 0.0455. The molecular weight excluding hydrogens is 604 g/mol. The highest BCUT2D eigenvalue weighted by Crippen LogP contribution is 2.32. The minimum Gasteiger partial charge on any atom is -0.491 e. The molecule has 0 aromatic heterocycles. The van der Waals surface area contributed by atoms with Crippen LogP contribution in [-0.4, -0.2) is 86.5 Å². The number of unbranched alkanes of at least 4 members (excludes halogenated alkanes) is 2. The van der Waals surface area contributed by atoms with E-state index in [0.717, 1.165) is 35.6 Å². The lowest BCUT2D eigenvalue weighted by Gasteiger charge is -2.28. The second kappa shape index (κ2) is 21.5. The van der Waals surface area contributed by atoms with Gasteiger partial charge < -0.3 is 43.7 Å². The summed E-state index contributed by atoms with van der Waals surface area (Å²) in [6, 6.07) is 13.1. The molecule has 0 aliphatic heterocycles. The van der Waals surface area contributed by atoms with Crippen LogP contribution in [0.3, 0.4) is 0 Å². The lowest BCUT2D eigenvalue weighted by atomic mass is 9.84. The summed E-state index contributed by atoms with van der Waals surface area (Å²) in [4.78, 5) is 11.7. The molecule has 1 fully saturated rings. The third-order valence-electron chi connectivity index (χ3n) is 8.03.